The summed E-state index contributed by atoms with van der Waals surface area (Å²) in [6.45, 7) is 1.85. The zero-order valence-corrected chi connectivity index (χ0v) is 15.2. The molecule has 2 atom stereocenters. The van der Waals surface area contributed by atoms with Gasteiger partial charge in [0.25, 0.3) is 0 Å². The molecule has 0 spiro atoms. The van der Waals surface area contributed by atoms with Crippen LogP contribution in [0.4, 0.5) is 0 Å². The average Bonchev–Trinajstić information content (AvgIpc) is 3.12. The molecule has 1 aromatic carbocycles. The fourth-order valence-electron chi connectivity index (χ4n) is 3.55. The topological polar surface area (TPSA) is 50.8 Å². The molecule has 0 radical (unpaired) electrons. The molecule has 0 bridgehead atoms. The van der Waals surface area contributed by atoms with Crippen molar-refractivity contribution < 1.29 is 14.3 Å². The Balaban J connectivity index is 1.71. The molecule has 2 heterocycles. The fourth-order valence-corrected chi connectivity index (χ4v) is 4.50. The molecule has 1 N–H and O–H groups in total. The minimum atomic E-state index is 0.147. The van der Waals surface area contributed by atoms with Gasteiger partial charge in [-0.3, -0.25) is 4.79 Å². The van der Waals surface area contributed by atoms with E-state index in [1.807, 2.05) is 34.9 Å². The first-order valence-electron chi connectivity index (χ1n) is 8.55. The summed E-state index contributed by atoms with van der Waals surface area (Å²) in [5.74, 6) is 3.87. The van der Waals surface area contributed by atoms with E-state index in [4.69, 9.17) is 9.47 Å². The lowest BCUT2D eigenvalue weighted by Crippen LogP contribution is -2.42. The zero-order valence-electron chi connectivity index (χ0n) is 14.4. The van der Waals surface area contributed by atoms with Gasteiger partial charge in [-0.25, -0.2) is 0 Å². The second kappa shape index (κ2) is 8.12. The monoisotopic (exact) mass is 350 g/mol. The van der Waals surface area contributed by atoms with Gasteiger partial charge in [-0.15, -0.1) is 0 Å². The number of nitrogens with one attached hydrogen (secondary N) is 1. The van der Waals surface area contributed by atoms with Crippen molar-refractivity contribution in [2.75, 3.05) is 38.8 Å². The Kier molecular flexibility index (Phi) is 5.89. The Morgan fingerprint density at radius 1 is 1.33 bits per heavy atom. The number of hydrogen-bond acceptors (Lipinski definition) is 5. The van der Waals surface area contributed by atoms with Crippen LogP contribution in [0.2, 0.25) is 0 Å². The van der Waals surface area contributed by atoms with Crippen LogP contribution in [0.3, 0.4) is 0 Å². The zero-order chi connectivity index (χ0) is 16.9. The smallest absolute Gasteiger partial charge is 0.224 e. The van der Waals surface area contributed by atoms with Gasteiger partial charge >= 0.3 is 0 Å². The summed E-state index contributed by atoms with van der Waals surface area (Å²) in [5.41, 5.74) is 1.13. The first-order chi connectivity index (χ1) is 11.7. The van der Waals surface area contributed by atoms with Crippen LogP contribution in [0.1, 0.15) is 30.9 Å². The van der Waals surface area contributed by atoms with Gasteiger partial charge in [-0.05, 0) is 30.5 Å². The normalized spacial score (nSPS) is 24.0. The van der Waals surface area contributed by atoms with Gasteiger partial charge in [0, 0.05) is 37.1 Å². The van der Waals surface area contributed by atoms with Crippen LogP contribution in [0, 0.1) is 0 Å². The molecule has 1 amide bonds. The maximum atomic E-state index is 12.8. The summed E-state index contributed by atoms with van der Waals surface area (Å²) in [6, 6.07) is 6.43. The minimum Gasteiger partial charge on any atom is -0.493 e. The van der Waals surface area contributed by atoms with Crippen molar-refractivity contribution in [2.24, 2.45) is 0 Å². The van der Waals surface area contributed by atoms with E-state index in [2.05, 4.69) is 5.32 Å². The Morgan fingerprint density at radius 2 is 2.17 bits per heavy atom. The number of carbonyl (C=O) groups is 1. The molecule has 3 rings (SSSR count). The van der Waals surface area contributed by atoms with Gasteiger partial charge in [0.1, 0.15) is 0 Å². The van der Waals surface area contributed by atoms with Crippen LogP contribution in [0.25, 0.3) is 0 Å². The number of methoxy groups -OCH3 is 2. The van der Waals surface area contributed by atoms with Crippen LogP contribution in [0.15, 0.2) is 18.2 Å². The lowest BCUT2D eigenvalue weighted by Gasteiger charge is -2.29. The maximum Gasteiger partial charge on any atom is 0.224 e. The van der Waals surface area contributed by atoms with E-state index in [0.717, 1.165) is 54.5 Å². The average molecular weight is 350 g/mol. The highest BCUT2D eigenvalue weighted by molar-refractivity contribution is 7.99. The molecule has 0 aliphatic carbocycles. The molecule has 6 heteroatoms. The number of amides is 1. The Morgan fingerprint density at radius 3 is 2.88 bits per heavy atom. The summed E-state index contributed by atoms with van der Waals surface area (Å²) >= 11 is 1.93. The highest BCUT2D eigenvalue weighted by atomic mass is 32.2. The summed E-state index contributed by atoms with van der Waals surface area (Å²) in [7, 11) is 3.28. The van der Waals surface area contributed by atoms with Crippen molar-refractivity contribution in [3.05, 3.63) is 23.8 Å². The second-order valence-corrected chi connectivity index (χ2v) is 7.44. The van der Waals surface area contributed by atoms with E-state index >= 15 is 0 Å². The molecule has 132 valence electrons. The predicted octanol–water partition coefficient (Wildman–Crippen LogP) is 2.46. The highest BCUT2D eigenvalue weighted by Gasteiger charge is 2.31. The Hall–Kier alpha value is -1.40. The highest BCUT2D eigenvalue weighted by Crippen LogP contribution is 2.37. The number of thioether (sulfide) groups is 1. The quantitative estimate of drug-likeness (QED) is 0.884. The molecule has 2 unspecified atom stereocenters. The molecule has 24 heavy (non-hydrogen) atoms. The Labute approximate surface area is 148 Å². The third-order valence-electron chi connectivity index (χ3n) is 4.78. The van der Waals surface area contributed by atoms with E-state index in [1.165, 1.54) is 0 Å². The number of nitrogens with zero attached hydrogens (tertiary/aromatic N) is 1. The van der Waals surface area contributed by atoms with Crippen molar-refractivity contribution in [3.8, 4) is 11.5 Å². The van der Waals surface area contributed by atoms with Gasteiger partial charge in [-0.2, -0.15) is 11.8 Å². The molecule has 2 fully saturated rings. The van der Waals surface area contributed by atoms with Crippen molar-refractivity contribution in [3.63, 3.8) is 0 Å². The van der Waals surface area contributed by atoms with Crippen LogP contribution < -0.4 is 14.8 Å². The molecule has 2 aliphatic rings. The second-order valence-electron chi connectivity index (χ2n) is 6.29. The van der Waals surface area contributed by atoms with Gasteiger partial charge in [-0.1, -0.05) is 6.07 Å². The van der Waals surface area contributed by atoms with Gasteiger partial charge in [0.2, 0.25) is 5.91 Å². The van der Waals surface area contributed by atoms with Crippen molar-refractivity contribution >= 4 is 17.7 Å². The maximum absolute atomic E-state index is 12.8. The number of carbonyl (C=O) groups excluding carboxylic acids is 1. The van der Waals surface area contributed by atoms with Crippen molar-refractivity contribution in [1.29, 1.82) is 0 Å². The number of benzene rings is 1. The largest absolute Gasteiger partial charge is 0.493 e. The fraction of sp³-hybridized carbons (Fsp3) is 0.611. The molecule has 2 aliphatic heterocycles. The van der Waals surface area contributed by atoms with E-state index < -0.39 is 0 Å². The molecule has 0 saturated carbocycles. The lowest BCUT2D eigenvalue weighted by molar-refractivity contribution is -0.132. The molecule has 2 saturated heterocycles. The number of hydrogen-bond donors (Lipinski definition) is 1. The third kappa shape index (κ3) is 3.81. The number of rotatable bonds is 5. The van der Waals surface area contributed by atoms with Gasteiger partial charge < -0.3 is 19.7 Å². The number of likely N-dealkylation sites (tertiary alicyclic amines) is 1. The van der Waals surface area contributed by atoms with Crippen LogP contribution >= 0.6 is 11.8 Å². The molecule has 0 aromatic heterocycles. The summed E-state index contributed by atoms with van der Waals surface area (Å²) in [6.07, 6.45) is 2.66. The lowest BCUT2D eigenvalue weighted by atomic mass is 10.0. The standard InChI is InChI=1S/C18H26N2O3S/c1-22-16-6-5-13(10-17(16)23-2)15-4-3-8-20(15)18(21)11-14-12-24-9-7-19-14/h5-6,10,14-15,19H,3-4,7-9,11-12H2,1-2H3. The molecular formula is C18H26N2O3S. The van der Waals surface area contributed by atoms with Crippen molar-refractivity contribution in [1.82, 2.24) is 10.2 Å². The summed E-state index contributed by atoms with van der Waals surface area (Å²) in [4.78, 5) is 14.8. The van der Waals surface area contributed by atoms with Gasteiger partial charge in [0.15, 0.2) is 11.5 Å². The SMILES string of the molecule is COc1ccc(C2CCCN2C(=O)CC2CSCCN2)cc1OC. The molecule has 1 aromatic rings. The minimum absolute atomic E-state index is 0.147. The van der Waals surface area contributed by atoms with E-state index in [0.29, 0.717) is 12.5 Å². The summed E-state index contributed by atoms with van der Waals surface area (Å²) < 4.78 is 10.7. The van der Waals surface area contributed by atoms with E-state index in [1.54, 1.807) is 14.2 Å². The van der Waals surface area contributed by atoms with E-state index in [9.17, 15) is 4.79 Å². The van der Waals surface area contributed by atoms with Crippen molar-refractivity contribution in [2.45, 2.75) is 31.3 Å². The first kappa shape index (κ1) is 17.4. The van der Waals surface area contributed by atoms with Crippen LogP contribution in [-0.4, -0.2) is 55.7 Å². The molecule has 5 nitrogen and oxygen atoms in total. The predicted molar refractivity (Wildman–Crippen MR) is 97.0 cm³/mol. The third-order valence-corrected chi connectivity index (χ3v) is 5.92. The summed E-state index contributed by atoms with van der Waals surface area (Å²) in [5, 5.41) is 3.46. The van der Waals surface area contributed by atoms with Crippen LogP contribution in [0.5, 0.6) is 11.5 Å². The molecular weight excluding hydrogens is 324 g/mol. The van der Waals surface area contributed by atoms with E-state index in [-0.39, 0.29) is 11.9 Å². The Bertz CT molecular complexity index is 575. The van der Waals surface area contributed by atoms with Crippen LogP contribution in [-0.2, 0) is 4.79 Å². The van der Waals surface area contributed by atoms with Gasteiger partial charge in [0.05, 0.1) is 20.3 Å². The number of ether oxygens (including phenoxy) is 2. The first-order valence-corrected chi connectivity index (χ1v) is 9.71.